The molecule has 2 heterocycles. The molecule has 7 heteroatoms. The first-order valence-corrected chi connectivity index (χ1v) is 8.25. The number of aromatic nitrogens is 3. The van der Waals surface area contributed by atoms with E-state index in [0.29, 0.717) is 5.82 Å². The average molecular weight is 342 g/mol. The molecule has 7 nitrogen and oxygen atoms in total. The zero-order chi connectivity index (χ0) is 17.8. The molecule has 0 atom stereocenters. The van der Waals surface area contributed by atoms with E-state index in [9.17, 15) is 4.79 Å². The largest absolute Gasteiger partial charge is 0.497 e. The van der Waals surface area contributed by atoms with E-state index in [2.05, 4.69) is 21.9 Å². The van der Waals surface area contributed by atoms with Gasteiger partial charge in [0.1, 0.15) is 18.2 Å². The first kappa shape index (κ1) is 17.2. The molecule has 0 bridgehead atoms. The van der Waals surface area contributed by atoms with Gasteiger partial charge >= 0.3 is 5.97 Å². The maximum absolute atomic E-state index is 11.8. The highest BCUT2D eigenvalue weighted by atomic mass is 16.5. The van der Waals surface area contributed by atoms with Crippen LogP contribution in [0, 0.1) is 6.92 Å². The molecule has 0 radical (unpaired) electrons. The van der Waals surface area contributed by atoms with Crippen molar-refractivity contribution in [1.82, 2.24) is 19.7 Å². The first-order valence-electron chi connectivity index (χ1n) is 8.25. The molecule has 132 valence electrons. The summed E-state index contributed by atoms with van der Waals surface area (Å²) < 4.78 is 12.1. The Balaban J connectivity index is 1.61. The minimum absolute atomic E-state index is 0.0110. The molecule has 25 heavy (non-hydrogen) atoms. The quantitative estimate of drug-likeness (QED) is 0.591. The number of hydrogen-bond acceptors (Lipinski definition) is 6. The summed E-state index contributed by atoms with van der Waals surface area (Å²) in [6, 6.07) is 5.80. The summed E-state index contributed by atoms with van der Waals surface area (Å²) in [4.78, 5) is 18.3. The summed E-state index contributed by atoms with van der Waals surface area (Å²) in [6.45, 7) is 6.66. The van der Waals surface area contributed by atoms with Crippen molar-refractivity contribution in [2.24, 2.45) is 0 Å². The van der Waals surface area contributed by atoms with Crippen LogP contribution in [0.1, 0.15) is 12.5 Å². The maximum atomic E-state index is 11.8. The van der Waals surface area contributed by atoms with Crippen LogP contribution in [0.3, 0.4) is 0 Å². The van der Waals surface area contributed by atoms with Gasteiger partial charge in [-0.25, -0.2) is 14.5 Å². The zero-order valence-corrected chi connectivity index (χ0v) is 14.7. The van der Waals surface area contributed by atoms with Gasteiger partial charge in [-0.05, 0) is 37.2 Å². The number of likely N-dealkylation sites (tertiary alicyclic amines) is 1. The predicted octanol–water partition coefficient (Wildman–Crippen LogP) is 1.98. The monoisotopic (exact) mass is 342 g/mol. The van der Waals surface area contributed by atoms with Crippen LogP contribution < -0.4 is 4.74 Å². The Labute approximate surface area is 146 Å². The van der Waals surface area contributed by atoms with Gasteiger partial charge in [-0.2, -0.15) is 0 Å². The molecule has 0 amide bonds. The van der Waals surface area contributed by atoms with E-state index in [-0.39, 0.29) is 12.1 Å². The summed E-state index contributed by atoms with van der Waals surface area (Å²) in [5.74, 6) is 0.958. The molecule has 2 aromatic rings. The van der Waals surface area contributed by atoms with E-state index < -0.39 is 0 Å². The number of nitrogens with zero attached hydrogens (tertiary/aromatic N) is 4. The van der Waals surface area contributed by atoms with Gasteiger partial charge in [0, 0.05) is 30.9 Å². The van der Waals surface area contributed by atoms with Gasteiger partial charge in [-0.1, -0.05) is 6.92 Å². The molecule has 3 rings (SSSR count). The number of methoxy groups -OCH3 is 1. The number of carbonyl (C=O) groups is 1. The maximum Gasteiger partial charge on any atom is 0.332 e. The Hall–Kier alpha value is -2.67. The number of esters is 1. The number of ether oxygens (including phenoxy) is 2. The standard InChI is InChI=1S/C18H22N4O3/c1-4-21-10-16(11-21)25-17(23)5-6-22-12-19-18(20-22)14-7-13(2)8-15(9-14)24-3/h5-9,12,16H,4,10-11H2,1-3H3/b6-5-. The van der Waals surface area contributed by atoms with Crippen LogP contribution in [0.4, 0.5) is 0 Å². The van der Waals surface area contributed by atoms with Gasteiger partial charge in [-0.15, -0.1) is 5.10 Å². The fraction of sp³-hybridized carbons (Fsp3) is 0.389. The molecule has 0 saturated carbocycles. The van der Waals surface area contributed by atoms with E-state index in [1.807, 2.05) is 25.1 Å². The van der Waals surface area contributed by atoms with E-state index >= 15 is 0 Å². The van der Waals surface area contributed by atoms with Gasteiger partial charge in [0.15, 0.2) is 5.82 Å². The Morgan fingerprint density at radius 2 is 2.16 bits per heavy atom. The lowest BCUT2D eigenvalue weighted by Gasteiger charge is -2.37. The molecule has 1 aliphatic heterocycles. The lowest BCUT2D eigenvalue weighted by molar-refractivity contribution is -0.151. The summed E-state index contributed by atoms with van der Waals surface area (Å²) in [5.41, 5.74) is 1.92. The zero-order valence-electron chi connectivity index (χ0n) is 14.7. The van der Waals surface area contributed by atoms with Crippen molar-refractivity contribution in [2.75, 3.05) is 26.7 Å². The molecule has 0 aliphatic carbocycles. The topological polar surface area (TPSA) is 69.5 Å². The number of benzene rings is 1. The van der Waals surface area contributed by atoms with Crippen molar-refractivity contribution in [3.8, 4) is 17.1 Å². The third-order valence-electron chi connectivity index (χ3n) is 4.07. The molecule has 0 N–H and O–H groups in total. The molecule has 1 aromatic carbocycles. The number of rotatable bonds is 6. The van der Waals surface area contributed by atoms with Crippen LogP contribution in [-0.4, -0.2) is 58.5 Å². The van der Waals surface area contributed by atoms with Crippen LogP contribution >= 0.6 is 0 Å². The van der Waals surface area contributed by atoms with Crippen LogP contribution in [0.2, 0.25) is 0 Å². The second-order valence-electron chi connectivity index (χ2n) is 6.01. The summed E-state index contributed by atoms with van der Waals surface area (Å²) >= 11 is 0. The number of hydrogen-bond donors (Lipinski definition) is 0. The molecule has 0 unspecified atom stereocenters. The smallest absolute Gasteiger partial charge is 0.332 e. The van der Waals surface area contributed by atoms with Crippen molar-refractivity contribution in [3.05, 3.63) is 36.2 Å². The number of likely N-dealkylation sites (N-methyl/N-ethyl adjacent to an activating group) is 1. The highest BCUT2D eigenvalue weighted by molar-refractivity contribution is 5.85. The second-order valence-corrected chi connectivity index (χ2v) is 6.01. The molecular formula is C18H22N4O3. The minimum Gasteiger partial charge on any atom is -0.497 e. The fourth-order valence-electron chi connectivity index (χ4n) is 2.67. The second kappa shape index (κ2) is 7.48. The van der Waals surface area contributed by atoms with Crippen LogP contribution in [-0.2, 0) is 9.53 Å². The highest BCUT2D eigenvalue weighted by Gasteiger charge is 2.27. The van der Waals surface area contributed by atoms with E-state index in [1.165, 1.54) is 10.8 Å². The third kappa shape index (κ3) is 4.24. The molecule has 1 saturated heterocycles. The van der Waals surface area contributed by atoms with Crippen molar-refractivity contribution >= 4 is 12.2 Å². The lowest BCUT2D eigenvalue weighted by atomic mass is 10.1. The summed E-state index contributed by atoms with van der Waals surface area (Å²) in [7, 11) is 1.63. The lowest BCUT2D eigenvalue weighted by Crippen LogP contribution is -2.52. The first-order chi connectivity index (χ1) is 12.1. The Morgan fingerprint density at radius 3 is 2.88 bits per heavy atom. The molecular weight excluding hydrogens is 320 g/mol. The normalized spacial score (nSPS) is 15.3. The van der Waals surface area contributed by atoms with Gasteiger partial charge in [0.2, 0.25) is 0 Å². The Morgan fingerprint density at radius 1 is 1.36 bits per heavy atom. The summed E-state index contributed by atoms with van der Waals surface area (Å²) in [6.07, 6.45) is 4.45. The molecule has 1 aliphatic rings. The average Bonchev–Trinajstić information content (AvgIpc) is 3.04. The van der Waals surface area contributed by atoms with Crippen molar-refractivity contribution < 1.29 is 14.3 Å². The van der Waals surface area contributed by atoms with Crippen LogP contribution in [0.15, 0.2) is 30.6 Å². The number of carbonyl (C=O) groups excluding carboxylic acids is 1. The third-order valence-corrected chi connectivity index (χ3v) is 4.07. The van der Waals surface area contributed by atoms with Gasteiger partial charge in [0.05, 0.1) is 7.11 Å². The van der Waals surface area contributed by atoms with Crippen molar-refractivity contribution in [3.63, 3.8) is 0 Å². The van der Waals surface area contributed by atoms with Gasteiger partial charge in [-0.3, -0.25) is 4.90 Å². The van der Waals surface area contributed by atoms with Crippen LogP contribution in [0.5, 0.6) is 5.75 Å². The number of aryl methyl sites for hydroxylation is 1. The minimum atomic E-state index is -0.366. The predicted molar refractivity (Wildman–Crippen MR) is 94.1 cm³/mol. The van der Waals surface area contributed by atoms with Crippen molar-refractivity contribution in [1.29, 1.82) is 0 Å². The molecule has 1 fully saturated rings. The molecule has 0 spiro atoms. The van der Waals surface area contributed by atoms with Crippen molar-refractivity contribution in [2.45, 2.75) is 20.0 Å². The highest BCUT2D eigenvalue weighted by Crippen LogP contribution is 2.23. The van der Waals surface area contributed by atoms with Crippen LogP contribution in [0.25, 0.3) is 17.6 Å². The van der Waals surface area contributed by atoms with E-state index in [0.717, 1.165) is 36.5 Å². The Kier molecular flexibility index (Phi) is 5.14. The summed E-state index contributed by atoms with van der Waals surface area (Å²) in [5, 5.41) is 4.35. The fourth-order valence-corrected chi connectivity index (χ4v) is 2.67. The Bertz CT molecular complexity index is 778. The van der Waals surface area contributed by atoms with E-state index in [1.54, 1.807) is 19.6 Å². The SMILES string of the molecule is CCN1CC(OC(=O)/C=C\n2cnc(-c3cc(C)cc(OC)c3)n2)C1. The van der Waals surface area contributed by atoms with E-state index in [4.69, 9.17) is 9.47 Å². The van der Waals surface area contributed by atoms with Gasteiger partial charge in [0.25, 0.3) is 0 Å². The molecule has 1 aromatic heterocycles. The van der Waals surface area contributed by atoms with Gasteiger partial charge < -0.3 is 9.47 Å².